The number of benzene rings is 6. The minimum absolute atomic E-state index is 0.155. The van der Waals surface area contributed by atoms with Crippen LogP contribution < -0.4 is 5.73 Å². The number of fused-ring (bicyclic) bond motifs is 7. The Bertz CT molecular complexity index is 2800. The maximum absolute atomic E-state index is 6.81. The molecule has 6 aromatic carbocycles. The van der Waals surface area contributed by atoms with Gasteiger partial charge in [0.15, 0.2) is 0 Å². The van der Waals surface area contributed by atoms with Gasteiger partial charge in [-0.1, -0.05) is 128 Å². The maximum atomic E-state index is 6.81. The van der Waals surface area contributed by atoms with Crippen LogP contribution in [-0.4, -0.2) is 9.13 Å². The van der Waals surface area contributed by atoms with Gasteiger partial charge in [-0.15, -0.1) is 0 Å². The zero-order chi connectivity index (χ0) is 34.1. The van der Waals surface area contributed by atoms with Crippen LogP contribution in [0.3, 0.4) is 0 Å². The number of hydrogen-bond donors (Lipinski definition) is 1. The fourth-order valence-electron chi connectivity index (χ4n) is 8.70. The van der Waals surface area contributed by atoms with E-state index in [1.807, 2.05) is 0 Å². The molecule has 3 nitrogen and oxygen atoms in total. The van der Waals surface area contributed by atoms with E-state index in [1.54, 1.807) is 0 Å². The molecular weight excluding hydrogens is 619 g/mol. The summed E-state index contributed by atoms with van der Waals surface area (Å²) in [5.41, 5.74) is 17.6. The Hall–Kier alpha value is -6.06. The highest BCUT2D eigenvalue weighted by molar-refractivity contribution is 6.13. The molecule has 0 fully saturated rings. The van der Waals surface area contributed by atoms with E-state index >= 15 is 0 Å². The van der Waals surface area contributed by atoms with Crippen molar-refractivity contribution >= 4 is 65.8 Å². The molecule has 2 aliphatic rings. The van der Waals surface area contributed by atoms with Crippen LogP contribution in [0.2, 0.25) is 0 Å². The molecule has 3 atom stereocenters. The molecule has 246 valence electrons. The lowest BCUT2D eigenvalue weighted by Crippen LogP contribution is -2.20. The Morgan fingerprint density at radius 2 is 1.24 bits per heavy atom. The van der Waals surface area contributed by atoms with Gasteiger partial charge in [-0.05, 0) is 83.3 Å². The van der Waals surface area contributed by atoms with Crippen molar-refractivity contribution in [3.05, 3.63) is 169 Å². The minimum Gasteiger partial charge on any atom is -0.398 e. The number of aromatic nitrogens is 2. The van der Waals surface area contributed by atoms with Crippen LogP contribution >= 0.6 is 0 Å². The maximum Gasteiger partial charge on any atom is 0.0591 e. The summed E-state index contributed by atoms with van der Waals surface area (Å²) in [5.74, 6) is 0.836. The van der Waals surface area contributed by atoms with Crippen molar-refractivity contribution in [3.63, 3.8) is 0 Å². The van der Waals surface area contributed by atoms with E-state index in [1.165, 1.54) is 71.4 Å². The standard InChI is InChI=1S/C48H39N3/c1-31-18-24-37(25-19-31)50-44-16-8-5-13-39(44)41-29-33(22-26-46(41)50)34-23-27-47-42(30-34)40-14-6-9-17-45(40)51(47)43-15-7-3-11-35(43)28-36-21-20-32-10-2-4-12-38(32)48(36)49/h2-18,20-27,29-31,35,43H,19,28,49H2,1H3. The summed E-state index contributed by atoms with van der Waals surface area (Å²) >= 11 is 0. The van der Waals surface area contributed by atoms with Gasteiger partial charge in [-0.3, -0.25) is 0 Å². The summed E-state index contributed by atoms with van der Waals surface area (Å²) in [5, 5.41) is 7.45. The fraction of sp³-hybridized carbons (Fsp3) is 0.125. The van der Waals surface area contributed by atoms with Crippen LogP contribution in [0.25, 0.3) is 71.2 Å². The van der Waals surface area contributed by atoms with E-state index in [2.05, 4.69) is 180 Å². The summed E-state index contributed by atoms with van der Waals surface area (Å²) < 4.78 is 4.99. The first kappa shape index (κ1) is 29.8. The minimum atomic E-state index is 0.155. The molecule has 2 aromatic heterocycles. The Balaban J connectivity index is 1.08. The van der Waals surface area contributed by atoms with Crippen molar-refractivity contribution in [2.75, 3.05) is 5.73 Å². The zero-order valence-corrected chi connectivity index (χ0v) is 28.7. The summed E-state index contributed by atoms with van der Waals surface area (Å²) in [7, 11) is 0. The van der Waals surface area contributed by atoms with E-state index in [-0.39, 0.29) is 12.0 Å². The molecule has 0 saturated carbocycles. The molecule has 2 N–H and O–H groups in total. The molecule has 0 aliphatic heterocycles. The third-order valence-corrected chi connectivity index (χ3v) is 11.3. The predicted octanol–water partition coefficient (Wildman–Crippen LogP) is 12.3. The van der Waals surface area contributed by atoms with E-state index < -0.39 is 0 Å². The monoisotopic (exact) mass is 657 g/mol. The van der Waals surface area contributed by atoms with Gasteiger partial charge in [0.05, 0.1) is 17.1 Å². The largest absolute Gasteiger partial charge is 0.398 e. The highest BCUT2D eigenvalue weighted by Crippen LogP contribution is 2.41. The predicted molar refractivity (Wildman–Crippen MR) is 218 cm³/mol. The molecule has 0 radical (unpaired) electrons. The molecule has 51 heavy (non-hydrogen) atoms. The van der Waals surface area contributed by atoms with Crippen molar-refractivity contribution in [2.24, 2.45) is 11.8 Å². The lowest BCUT2D eigenvalue weighted by molar-refractivity contribution is 0.472. The first-order valence-corrected chi connectivity index (χ1v) is 18.2. The van der Waals surface area contributed by atoms with Crippen LogP contribution in [0, 0.1) is 11.8 Å². The van der Waals surface area contributed by atoms with Crippen LogP contribution in [0.1, 0.15) is 24.9 Å². The topological polar surface area (TPSA) is 35.9 Å². The van der Waals surface area contributed by atoms with Crippen LogP contribution in [0.5, 0.6) is 0 Å². The Kier molecular flexibility index (Phi) is 6.89. The van der Waals surface area contributed by atoms with Gasteiger partial charge in [0.2, 0.25) is 0 Å². The van der Waals surface area contributed by atoms with Gasteiger partial charge in [0, 0.05) is 55.3 Å². The molecule has 2 heterocycles. The molecule has 10 rings (SSSR count). The van der Waals surface area contributed by atoms with Crippen molar-refractivity contribution in [1.29, 1.82) is 0 Å². The summed E-state index contributed by atoms with van der Waals surface area (Å²) in [4.78, 5) is 0. The number of nitrogen functional groups attached to an aromatic ring is 1. The van der Waals surface area contributed by atoms with Crippen molar-refractivity contribution < 1.29 is 0 Å². The second-order valence-corrected chi connectivity index (χ2v) is 14.4. The number of anilines is 1. The summed E-state index contributed by atoms with van der Waals surface area (Å²) in [6.07, 6.45) is 18.1. The highest BCUT2D eigenvalue weighted by Gasteiger charge is 2.26. The number of nitrogens with zero attached hydrogens (tertiary/aromatic N) is 2. The normalized spacial score (nSPS) is 18.8. The Morgan fingerprint density at radius 3 is 2.02 bits per heavy atom. The molecule has 0 amide bonds. The van der Waals surface area contributed by atoms with Crippen molar-refractivity contribution in [3.8, 4) is 11.1 Å². The van der Waals surface area contributed by atoms with Crippen LogP contribution in [0.15, 0.2) is 164 Å². The number of nitrogens with two attached hydrogens (primary N) is 1. The van der Waals surface area contributed by atoms with Gasteiger partial charge >= 0.3 is 0 Å². The first-order valence-electron chi connectivity index (χ1n) is 18.2. The molecule has 8 aromatic rings. The Morgan fingerprint density at radius 1 is 0.608 bits per heavy atom. The Labute approximate surface area is 297 Å². The number of hydrogen-bond acceptors (Lipinski definition) is 1. The third kappa shape index (κ3) is 4.80. The lowest BCUT2D eigenvalue weighted by atomic mass is 9.87. The van der Waals surface area contributed by atoms with E-state index in [0.717, 1.165) is 23.9 Å². The molecule has 0 bridgehead atoms. The number of allylic oxidation sites excluding steroid dienone is 8. The van der Waals surface area contributed by atoms with E-state index in [4.69, 9.17) is 5.73 Å². The van der Waals surface area contributed by atoms with E-state index in [9.17, 15) is 0 Å². The van der Waals surface area contributed by atoms with E-state index in [0.29, 0.717) is 5.92 Å². The molecular formula is C48H39N3. The quantitative estimate of drug-likeness (QED) is 0.184. The molecule has 2 aliphatic carbocycles. The molecule has 0 spiro atoms. The smallest absolute Gasteiger partial charge is 0.0591 e. The first-order chi connectivity index (χ1) is 25.1. The SMILES string of the molecule is CC1C=CC(n2c3ccccc3c3cc(-c4ccc5c(c4)c4ccccc4n5C4C=CC=CC4Cc4ccc5ccccc5c4N)ccc32)=CC1. The molecule has 0 saturated heterocycles. The second kappa shape index (κ2) is 11.8. The average Bonchev–Trinajstić information content (AvgIpc) is 3.69. The average molecular weight is 658 g/mol. The van der Waals surface area contributed by atoms with Crippen molar-refractivity contribution in [1.82, 2.24) is 9.13 Å². The lowest BCUT2D eigenvalue weighted by Gasteiger charge is -2.28. The van der Waals surface area contributed by atoms with Gasteiger partial charge in [-0.25, -0.2) is 0 Å². The summed E-state index contributed by atoms with van der Waals surface area (Å²) in [6, 6.07) is 44.8. The molecule has 3 heteroatoms. The number of rotatable bonds is 5. The third-order valence-electron chi connectivity index (χ3n) is 11.3. The second-order valence-electron chi connectivity index (χ2n) is 14.4. The van der Waals surface area contributed by atoms with Gasteiger partial charge in [0.1, 0.15) is 0 Å². The van der Waals surface area contributed by atoms with Gasteiger partial charge < -0.3 is 14.9 Å². The van der Waals surface area contributed by atoms with Gasteiger partial charge in [-0.2, -0.15) is 0 Å². The van der Waals surface area contributed by atoms with Crippen LogP contribution in [0.4, 0.5) is 5.69 Å². The highest BCUT2D eigenvalue weighted by atomic mass is 15.0. The van der Waals surface area contributed by atoms with Crippen LogP contribution in [-0.2, 0) is 6.42 Å². The number of para-hydroxylation sites is 2. The molecule has 3 unspecified atom stereocenters. The van der Waals surface area contributed by atoms with Gasteiger partial charge in [0.25, 0.3) is 0 Å². The van der Waals surface area contributed by atoms with Crippen molar-refractivity contribution in [2.45, 2.75) is 25.8 Å². The fourth-order valence-corrected chi connectivity index (χ4v) is 8.70. The zero-order valence-electron chi connectivity index (χ0n) is 28.7. The summed E-state index contributed by atoms with van der Waals surface area (Å²) in [6.45, 7) is 2.28.